The SMILES string of the molecule is CCCC[PH+](CCCC)CCCC.O=S(=O)([O-])[O-]. The standard InChI is InChI=1S/C12H27P.H2O4S/c1-4-7-10-13(11-8-5-2)12-9-6-3;1-5(2,3)4/h4-12H2,1-3H3;(H2,1,2,3,4)/p-1. The van der Waals surface area contributed by atoms with Crippen LogP contribution in [0.3, 0.4) is 0 Å². The maximum atomic E-state index is 8.52. The van der Waals surface area contributed by atoms with Crippen LogP contribution < -0.4 is 0 Å². The lowest BCUT2D eigenvalue weighted by Crippen LogP contribution is -1.95. The average Bonchev–Trinajstić information content (AvgIpc) is 2.26. The van der Waals surface area contributed by atoms with Gasteiger partial charge in [0.2, 0.25) is 0 Å². The Hall–Kier alpha value is 0.300. The summed E-state index contributed by atoms with van der Waals surface area (Å²) in [6.45, 7) is 6.96. The highest BCUT2D eigenvalue weighted by atomic mass is 32.3. The van der Waals surface area contributed by atoms with Crippen molar-refractivity contribution < 1.29 is 17.5 Å². The number of hydrogen-bond acceptors (Lipinski definition) is 4. The van der Waals surface area contributed by atoms with E-state index in [0.29, 0.717) is 0 Å². The van der Waals surface area contributed by atoms with Crippen LogP contribution in [0.15, 0.2) is 0 Å². The molecule has 0 saturated heterocycles. The Morgan fingerprint density at radius 2 is 1.00 bits per heavy atom. The van der Waals surface area contributed by atoms with Crippen LogP contribution in [-0.4, -0.2) is 36.0 Å². The topological polar surface area (TPSA) is 80.3 Å². The zero-order chi connectivity index (χ0) is 14.4. The van der Waals surface area contributed by atoms with Gasteiger partial charge in [-0.15, -0.1) is 0 Å². The molecule has 0 rings (SSSR count). The van der Waals surface area contributed by atoms with Crippen molar-refractivity contribution in [2.45, 2.75) is 59.3 Å². The molecule has 112 valence electrons. The van der Waals surface area contributed by atoms with Crippen molar-refractivity contribution in [3.63, 3.8) is 0 Å². The summed E-state index contributed by atoms with van der Waals surface area (Å²) in [5, 5.41) is 0. The van der Waals surface area contributed by atoms with E-state index in [1.54, 1.807) is 18.5 Å². The summed E-state index contributed by atoms with van der Waals surface area (Å²) >= 11 is 0. The van der Waals surface area contributed by atoms with Crippen LogP contribution in [0.5, 0.6) is 0 Å². The van der Waals surface area contributed by atoms with Crippen LogP contribution in [0, 0.1) is 0 Å². The third kappa shape index (κ3) is 25.2. The molecule has 0 aromatic heterocycles. The summed E-state index contributed by atoms with van der Waals surface area (Å²) in [5.74, 6) is 0. The summed E-state index contributed by atoms with van der Waals surface area (Å²) < 4.78 is 34.1. The third-order valence-electron chi connectivity index (χ3n) is 2.65. The minimum Gasteiger partial charge on any atom is -0.759 e. The Kier molecular flexibility index (Phi) is 15.7. The molecule has 0 spiro atoms. The Balaban J connectivity index is 0. The highest BCUT2D eigenvalue weighted by Crippen LogP contribution is 2.38. The molecule has 0 heterocycles. The molecule has 4 nitrogen and oxygen atoms in total. The number of rotatable bonds is 9. The molecule has 0 bridgehead atoms. The molecule has 0 aliphatic rings. The van der Waals surface area contributed by atoms with Gasteiger partial charge in [0.15, 0.2) is 0 Å². The Morgan fingerprint density at radius 1 is 0.778 bits per heavy atom. The van der Waals surface area contributed by atoms with Gasteiger partial charge >= 0.3 is 0 Å². The Morgan fingerprint density at radius 3 is 1.17 bits per heavy atom. The first-order valence-electron chi connectivity index (χ1n) is 6.85. The predicted molar refractivity (Wildman–Crippen MR) is 78.1 cm³/mol. The highest BCUT2D eigenvalue weighted by molar-refractivity contribution is 7.79. The van der Waals surface area contributed by atoms with Crippen LogP contribution in [-0.2, 0) is 10.4 Å². The van der Waals surface area contributed by atoms with Crippen LogP contribution in [0.1, 0.15) is 59.3 Å². The van der Waals surface area contributed by atoms with Gasteiger partial charge in [-0.2, -0.15) is 0 Å². The molecule has 0 aliphatic carbocycles. The van der Waals surface area contributed by atoms with E-state index in [1.807, 2.05) is 0 Å². The molecule has 0 saturated carbocycles. The van der Waals surface area contributed by atoms with Gasteiger partial charge in [0.05, 0.1) is 18.5 Å². The molecule has 0 aromatic rings. The average molecular weight is 299 g/mol. The molecular formula is C12H28O4PS-. The van der Waals surface area contributed by atoms with Gasteiger partial charge in [0, 0.05) is 18.3 Å². The van der Waals surface area contributed by atoms with Gasteiger partial charge < -0.3 is 9.11 Å². The molecule has 0 aromatic carbocycles. The van der Waals surface area contributed by atoms with E-state index >= 15 is 0 Å². The largest absolute Gasteiger partial charge is 0.759 e. The zero-order valence-electron chi connectivity index (χ0n) is 11.9. The summed E-state index contributed by atoms with van der Waals surface area (Å²) in [5.41, 5.74) is 0. The number of unbranched alkanes of at least 4 members (excludes halogenated alkanes) is 3. The monoisotopic (exact) mass is 299 g/mol. The first-order valence-corrected chi connectivity index (χ1v) is 10.3. The molecule has 18 heavy (non-hydrogen) atoms. The maximum absolute atomic E-state index is 8.52. The van der Waals surface area contributed by atoms with Crippen molar-refractivity contribution in [2.75, 3.05) is 18.5 Å². The third-order valence-corrected chi connectivity index (χ3v) is 5.83. The second-order valence-electron chi connectivity index (χ2n) is 4.47. The van der Waals surface area contributed by atoms with Crippen molar-refractivity contribution in [3.05, 3.63) is 0 Å². The van der Waals surface area contributed by atoms with Gasteiger partial charge in [0.1, 0.15) is 0 Å². The van der Waals surface area contributed by atoms with Crippen molar-refractivity contribution in [1.29, 1.82) is 0 Å². The molecule has 0 atom stereocenters. The van der Waals surface area contributed by atoms with Crippen LogP contribution >= 0.6 is 7.92 Å². The summed E-state index contributed by atoms with van der Waals surface area (Å²) in [6, 6.07) is 0. The fraction of sp³-hybridized carbons (Fsp3) is 1.00. The van der Waals surface area contributed by atoms with Crippen molar-refractivity contribution in [3.8, 4) is 0 Å². The molecule has 0 amide bonds. The van der Waals surface area contributed by atoms with E-state index < -0.39 is 10.4 Å². The zero-order valence-corrected chi connectivity index (χ0v) is 13.7. The fourth-order valence-corrected chi connectivity index (χ4v) is 4.97. The van der Waals surface area contributed by atoms with Crippen LogP contribution in [0.25, 0.3) is 0 Å². The van der Waals surface area contributed by atoms with Crippen LogP contribution in [0.2, 0.25) is 0 Å². The summed E-state index contributed by atoms with van der Waals surface area (Å²) in [7, 11) is -5.10. The van der Waals surface area contributed by atoms with Gasteiger partial charge in [-0.1, -0.05) is 40.0 Å². The van der Waals surface area contributed by atoms with E-state index in [-0.39, 0.29) is 7.92 Å². The van der Waals surface area contributed by atoms with E-state index in [9.17, 15) is 0 Å². The molecule has 0 aliphatic heterocycles. The fourth-order valence-electron chi connectivity index (χ4n) is 1.66. The minimum absolute atomic E-state index is 0.0675. The van der Waals surface area contributed by atoms with Gasteiger partial charge in [0.25, 0.3) is 0 Å². The summed E-state index contributed by atoms with van der Waals surface area (Å²) in [6.07, 6.45) is 13.4. The lowest BCUT2D eigenvalue weighted by atomic mass is 10.4. The first-order chi connectivity index (χ1) is 8.35. The second-order valence-corrected chi connectivity index (χ2v) is 8.29. The Labute approximate surface area is 114 Å². The van der Waals surface area contributed by atoms with Gasteiger partial charge in [-0.25, -0.2) is 0 Å². The van der Waals surface area contributed by atoms with Crippen LogP contribution in [0.4, 0.5) is 0 Å². The minimum atomic E-state index is -5.17. The number of hydrogen-bond donors (Lipinski definition) is 0. The molecule has 0 radical (unpaired) electrons. The molecule has 0 N–H and O–H groups in total. The summed E-state index contributed by atoms with van der Waals surface area (Å²) in [4.78, 5) is 0. The normalized spacial score (nSPS) is 11.2. The van der Waals surface area contributed by atoms with E-state index in [4.69, 9.17) is 17.5 Å². The van der Waals surface area contributed by atoms with Gasteiger partial charge in [-0.05, 0) is 19.3 Å². The molecule has 0 unspecified atom stereocenters. The molecular weight excluding hydrogens is 271 g/mol. The highest BCUT2D eigenvalue weighted by Gasteiger charge is 2.12. The molecule has 6 heteroatoms. The van der Waals surface area contributed by atoms with Crippen molar-refractivity contribution in [1.82, 2.24) is 0 Å². The van der Waals surface area contributed by atoms with Gasteiger partial charge in [-0.3, -0.25) is 8.42 Å². The lowest BCUT2D eigenvalue weighted by molar-refractivity contribution is 0.352. The first kappa shape index (κ1) is 20.6. The van der Waals surface area contributed by atoms with E-state index in [2.05, 4.69) is 20.8 Å². The van der Waals surface area contributed by atoms with E-state index in [0.717, 1.165) is 0 Å². The Bertz CT molecular complexity index is 228. The maximum Gasteiger partial charge on any atom is 0.0571 e. The quantitative estimate of drug-likeness (QED) is 0.372. The predicted octanol–water partition coefficient (Wildman–Crippen LogP) is 3.26. The lowest BCUT2D eigenvalue weighted by Gasteiger charge is -2.09. The van der Waals surface area contributed by atoms with Crippen molar-refractivity contribution in [2.24, 2.45) is 0 Å². The smallest absolute Gasteiger partial charge is 0.0571 e. The second kappa shape index (κ2) is 13.7. The van der Waals surface area contributed by atoms with Crippen molar-refractivity contribution >= 4 is 18.3 Å². The van der Waals surface area contributed by atoms with E-state index in [1.165, 1.54) is 38.5 Å². The molecule has 0 fully saturated rings.